The van der Waals surface area contributed by atoms with Crippen LogP contribution in [-0.2, 0) is 11.2 Å². The largest absolute Gasteiger partial charge is 0.479 e. The Hall–Kier alpha value is -1.42. The van der Waals surface area contributed by atoms with Crippen LogP contribution in [0.1, 0.15) is 11.3 Å². The number of hydrogen-bond acceptors (Lipinski definition) is 3. The van der Waals surface area contributed by atoms with E-state index in [-0.39, 0.29) is 6.42 Å². The molecule has 1 unspecified atom stereocenters. The predicted octanol–water partition coefficient (Wildman–Crippen LogP) is 0.378. The Morgan fingerprint density at radius 2 is 2.38 bits per heavy atom. The van der Waals surface area contributed by atoms with Crippen molar-refractivity contribution in [3.8, 4) is 0 Å². The van der Waals surface area contributed by atoms with E-state index in [1.165, 1.54) is 0 Å². The van der Waals surface area contributed by atoms with Crippen LogP contribution in [-0.4, -0.2) is 27.3 Å². The first-order valence-electron chi connectivity index (χ1n) is 3.92. The number of aromatic nitrogens is 1. The van der Waals surface area contributed by atoms with Crippen LogP contribution in [0, 0.1) is 6.92 Å². The molecule has 1 aromatic heterocycles. The number of aliphatic hydroxyl groups excluding tert-OH is 1. The van der Waals surface area contributed by atoms with Crippen molar-refractivity contribution in [2.75, 3.05) is 0 Å². The lowest BCUT2D eigenvalue weighted by Crippen LogP contribution is -2.22. The highest BCUT2D eigenvalue weighted by atomic mass is 16.4. The second-order valence-electron chi connectivity index (χ2n) is 2.83. The molecule has 0 radical (unpaired) electrons. The summed E-state index contributed by atoms with van der Waals surface area (Å²) in [6.07, 6.45) is 0.271. The van der Waals surface area contributed by atoms with Gasteiger partial charge in [0.05, 0.1) is 0 Å². The van der Waals surface area contributed by atoms with E-state index >= 15 is 0 Å². The third-order valence-electron chi connectivity index (χ3n) is 1.79. The Bertz CT molecular complexity index is 311. The lowest BCUT2D eigenvalue weighted by Gasteiger charge is -2.06. The number of carboxylic acid groups (broad SMARTS) is 1. The third-order valence-corrected chi connectivity index (χ3v) is 1.79. The van der Waals surface area contributed by atoms with Gasteiger partial charge in [0, 0.05) is 18.3 Å². The van der Waals surface area contributed by atoms with Crippen LogP contribution in [0.2, 0.25) is 0 Å². The van der Waals surface area contributed by atoms with Crippen LogP contribution in [0.3, 0.4) is 0 Å². The average Bonchev–Trinajstić information content (AvgIpc) is 2.08. The van der Waals surface area contributed by atoms with E-state index < -0.39 is 12.1 Å². The molecule has 13 heavy (non-hydrogen) atoms. The zero-order valence-electron chi connectivity index (χ0n) is 7.27. The summed E-state index contributed by atoms with van der Waals surface area (Å²) in [5.41, 5.74) is 1.51. The van der Waals surface area contributed by atoms with Gasteiger partial charge >= 0.3 is 5.97 Å². The highest BCUT2D eigenvalue weighted by Gasteiger charge is 2.15. The number of aliphatic carboxylic acids is 1. The van der Waals surface area contributed by atoms with Crippen molar-refractivity contribution < 1.29 is 15.0 Å². The van der Waals surface area contributed by atoms with Crippen LogP contribution < -0.4 is 0 Å². The second kappa shape index (κ2) is 4.00. The first-order valence-corrected chi connectivity index (χ1v) is 3.92. The number of aryl methyl sites for hydroxylation is 1. The molecule has 1 heterocycles. The van der Waals surface area contributed by atoms with Crippen LogP contribution in [0.25, 0.3) is 0 Å². The fraction of sp³-hybridized carbons (Fsp3) is 0.333. The molecule has 0 amide bonds. The first-order chi connectivity index (χ1) is 6.11. The van der Waals surface area contributed by atoms with Crippen molar-refractivity contribution >= 4 is 5.97 Å². The summed E-state index contributed by atoms with van der Waals surface area (Å²) in [6, 6.07) is 3.60. The van der Waals surface area contributed by atoms with Crippen LogP contribution in [0.4, 0.5) is 0 Å². The lowest BCUT2D eigenvalue weighted by atomic mass is 10.1. The highest BCUT2D eigenvalue weighted by molar-refractivity contribution is 5.72. The van der Waals surface area contributed by atoms with Gasteiger partial charge < -0.3 is 10.2 Å². The summed E-state index contributed by atoms with van der Waals surface area (Å²) in [5.74, 6) is -1.22. The smallest absolute Gasteiger partial charge is 0.332 e. The minimum absolute atomic E-state index is 0.0575. The first kappa shape index (κ1) is 9.67. The van der Waals surface area contributed by atoms with Crippen LogP contribution >= 0.6 is 0 Å². The maximum Gasteiger partial charge on any atom is 0.332 e. The van der Waals surface area contributed by atoms with Gasteiger partial charge in [-0.05, 0) is 18.6 Å². The Balaban J connectivity index is 2.74. The summed E-state index contributed by atoms with van der Waals surface area (Å²) in [4.78, 5) is 14.3. The third kappa shape index (κ3) is 2.52. The van der Waals surface area contributed by atoms with Gasteiger partial charge in [-0.25, -0.2) is 4.79 Å². The summed E-state index contributed by atoms with van der Waals surface area (Å²) in [7, 11) is 0. The van der Waals surface area contributed by atoms with E-state index in [9.17, 15) is 4.79 Å². The zero-order valence-corrected chi connectivity index (χ0v) is 7.27. The summed E-state index contributed by atoms with van der Waals surface area (Å²) >= 11 is 0. The summed E-state index contributed by atoms with van der Waals surface area (Å²) in [5, 5.41) is 17.5. The van der Waals surface area contributed by atoms with Crippen molar-refractivity contribution in [1.29, 1.82) is 0 Å². The van der Waals surface area contributed by atoms with Gasteiger partial charge in [0.25, 0.3) is 0 Å². The number of aliphatic hydroxyl groups is 1. The normalized spacial score (nSPS) is 12.5. The van der Waals surface area contributed by atoms with Crippen molar-refractivity contribution in [2.45, 2.75) is 19.4 Å². The van der Waals surface area contributed by atoms with Crippen molar-refractivity contribution in [3.63, 3.8) is 0 Å². The Kier molecular flexibility index (Phi) is 2.97. The van der Waals surface area contributed by atoms with Crippen LogP contribution in [0.15, 0.2) is 18.3 Å². The fourth-order valence-corrected chi connectivity index (χ4v) is 1.00. The molecule has 0 aliphatic carbocycles. The van der Waals surface area contributed by atoms with Gasteiger partial charge in [-0.3, -0.25) is 4.98 Å². The minimum atomic E-state index is -1.37. The number of carboxylic acids is 1. The summed E-state index contributed by atoms with van der Waals surface area (Å²) in [6.45, 7) is 1.83. The molecule has 1 rings (SSSR count). The summed E-state index contributed by atoms with van der Waals surface area (Å²) < 4.78 is 0. The molecule has 0 saturated carbocycles. The molecule has 0 aromatic carbocycles. The number of rotatable bonds is 3. The predicted molar refractivity (Wildman–Crippen MR) is 46.3 cm³/mol. The molecule has 0 saturated heterocycles. The number of nitrogens with zero attached hydrogens (tertiary/aromatic N) is 1. The van der Waals surface area contributed by atoms with E-state index in [1.807, 2.05) is 13.0 Å². The molecule has 0 bridgehead atoms. The van der Waals surface area contributed by atoms with Crippen molar-refractivity contribution in [3.05, 3.63) is 29.6 Å². The molecule has 0 spiro atoms. The molecule has 2 N–H and O–H groups in total. The van der Waals surface area contributed by atoms with Gasteiger partial charge in [-0.1, -0.05) is 6.07 Å². The Morgan fingerprint density at radius 1 is 1.69 bits per heavy atom. The quantitative estimate of drug-likeness (QED) is 0.707. The molecule has 4 nitrogen and oxygen atoms in total. The van der Waals surface area contributed by atoms with Gasteiger partial charge in [0.15, 0.2) is 6.10 Å². The lowest BCUT2D eigenvalue weighted by molar-refractivity contribution is -0.146. The molecule has 0 fully saturated rings. The molecule has 4 heteroatoms. The number of hydrogen-bond donors (Lipinski definition) is 2. The Labute approximate surface area is 75.9 Å². The topological polar surface area (TPSA) is 70.4 Å². The highest BCUT2D eigenvalue weighted by Crippen LogP contribution is 2.06. The molecule has 1 atom stereocenters. The van der Waals surface area contributed by atoms with Gasteiger partial charge in [0.2, 0.25) is 0 Å². The molecule has 1 aromatic rings. The van der Waals surface area contributed by atoms with Crippen molar-refractivity contribution in [1.82, 2.24) is 4.98 Å². The average molecular weight is 181 g/mol. The monoisotopic (exact) mass is 181 g/mol. The van der Waals surface area contributed by atoms with E-state index in [4.69, 9.17) is 10.2 Å². The van der Waals surface area contributed by atoms with E-state index in [1.54, 1.807) is 12.3 Å². The Morgan fingerprint density at radius 3 is 2.92 bits per heavy atom. The molecular weight excluding hydrogens is 170 g/mol. The molecule has 0 aliphatic rings. The maximum absolute atomic E-state index is 10.3. The number of carbonyl (C=O) groups is 1. The number of pyridine rings is 1. The van der Waals surface area contributed by atoms with E-state index in [0.717, 1.165) is 5.56 Å². The van der Waals surface area contributed by atoms with Gasteiger partial charge in [-0.15, -0.1) is 0 Å². The molecule has 70 valence electrons. The minimum Gasteiger partial charge on any atom is -0.479 e. The standard InChI is InChI=1S/C9H11NO3/c1-6-3-2-4-10-7(6)5-8(11)9(12)13/h2-4,8,11H,5H2,1H3,(H,12,13). The molecule has 0 aliphatic heterocycles. The van der Waals surface area contributed by atoms with E-state index in [2.05, 4.69) is 4.98 Å². The fourth-order valence-electron chi connectivity index (χ4n) is 1.00. The van der Waals surface area contributed by atoms with Crippen LogP contribution in [0.5, 0.6) is 0 Å². The van der Waals surface area contributed by atoms with Gasteiger partial charge in [-0.2, -0.15) is 0 Å². The van der Waals surface area contributed by atoms with Gasteiger partial charge in [0.1, 0.15) is 0 Å². The van der Waals surface area contributed by atoms with E-state index in [0.29, 0.717) is 5.69 Å². The maximum atomic E-state index is 10.3. The zero-order chi connectivity index (χ0) is 9.84. The van der Waals surface area contributed by atoms with Crippen molar-refractivity contribution in [2.24, 2.45) is 0 Å². The second-order valence-corrected chi connectivity index (χ2v) is 2.83. The SMILES string of the molecule is Cc1cccnc1CC(O)C(=O)O. The molecular formula is C9H11NO3.